The van der Waals surface area contributed by atoms with Gasteiger partial charge < -0.3 is 20.5 Å². The minimum absolute atomic E-state index is 0.0884. The molecule has 0 bridgehead atoms. The average molecular weight is 567 g/mol. The maximum absolute atomic E-state index is 12.8. The Bertz CT molecular complexity index is 1470. The first-order valence-corrected chi connectivity index (χ1v) is 13.6. The normalized spacial score (nSPS) is 12.4. The van der Waals surface area contributed by atoms with E-state index in [2.05, 4.69) is 46.7 Å². The van der Waals surface area contributed by atoms with E-state index >= 15 is 0 Å². The molecule has 2 aromatic carbocycles. The van der Waals surface area contributed by atoms with E-state index in [-0.39, 0.29) is 23.7 Å². The number of aliphatic hydroxyl groups is 1. The number of halogens is 1. The van der Waals surface area contributed by atoms with Crippen molar-refractivity contribution >= 4 is 40.4 Å². The molecule has 10 nitrogen and oxygen atoms in total. The van der Waals surface area contributed by atoms with Gasteiger partial charge in [-0.3, -0.25) is 14.7 Å². The molecule has 1 unspecified atom stereocenters. The van der Waals surface area contributed by atoms with Gasteiger partial charge in [0.05, 0.1) is 18.2 Å². The van der Waals surface area contributed by atoms with Crippen LogP contribution in [0.4, 0.5) is 11.4 Å². The fourth-order valence-corrected chi connectivity index (χ4v) is 4.76. The third kappa shape index (κ3) is 7.26. The van der Waals surface area contributed by atoms with Crippen LogP contribution in [-0.2, 0) is 27.8 Å². The van der Waals surface area contributed by atoms with Gasteiger partial charge in [0.25, 0.3) is 5.91 Å². The van der Waals surface area contributed by atoms with Gasteiger partial charge in [0.1, 0.15) is 11.8 Å². The van der Waals surface area contributed by atoms with E-state index in [1.807, 2.05) is 28.8 Å². The van der Waals surface area contributed by atoms with Gasteiger partial charge >= 0.3 is 0 Å². The zero-order valence-corrected chi connectivity index (χ0v) is 23.9. The lowest BCUT2D eigenvalue weighted by Gasteiger charge is -2.16. The summed E-state index contributed by atoms with van der Waals surface area (Å²) in [6.07, 6.45) is 2.12. The van der Waals surface area contributed by atoms with Crippen LogP contribution in [0.1, 0.15) is 68.0 Å². The summed E-state index contributed by atoms with van der Waals surface area (Å²) in [7, 11) is 0. The van der Waals surface area contributed by atoms with Crippen LogP contribution in [0.3, 0.4) is 0 Å². The van der Waals surface area contributed by atoms with Crippen molar-refractivity contribution in [2.75, 3.05) is 17.4 Å². The SMILES string of the molecule is CC(CC(=O)Nc1cccc(C(=O)Nc2ccc(CCCc3nnc4c(Cl)c(C(C)(C)C)[nH]n34)cc2)c1)OCO. The number of nitrogens with zero attached hydrogens (tertiary/aromatic N) is 3. The second-order valence-corrected chi connectivity index (χ2v) is 11.1. The van der Waals surface area contributed by atoms with Crippen molar-refractivity contribution in [1.82, 2.24) is 19.8 Å². The lowest BCUT2D eigenvalue weighted by atomic mass is 9.92. The summed E-state index contributed by atoms with van der Waals surface area (Å²) in [6, 6.07) is 14.4. The topological polar surface area (TPSA) is 134 Å². The lowest BCUT2D eigenvalue weighted by Crippen LogP contribution is -2.20. The highest BCUT2D eigenvalue weighted by Gasteiger charge is 2.24. The van der Waals surface area contributed by atoms with Crippen LogP contribution in [0.15, 0.2) is 48.5 Å². The number of hydrogen-bond acceptors (Lipinski definition) is 6. The summed E-state index contributed by atoms with van der Waals surface area (Å²) in [6.45, 7) is 7.54. The van der Waals surface area contributed by atoms with Crippen molar-refractivity contribution in [3.8, 4) is 0 Å². The number of benzene rings is 2. The predicted molar refractivity (Wildman–Crippen MR) is 155 cm³/mol. The van der Waals surface area contributed by atoms with Gasteiger partial charge in [-0.25, -0.2) is 4.52 Å². The molecule has 0 radical (unpaired) electrons. The zero-order valence-electron chi connectivity index (χ0n) is 23.1. The number of hydrogen-bond donors (Lipinski definition) is 4. The molecular formula is C29H35ClN6O4. The molecule has 0 saturated heterocycles. The molecule has 1 atom stereocenters. The average Bonchev–Trinajstić information content (AvgIpc) is 3.45. The Hall–Kier alpha value is -3.73. The Morgan fingerprint density at radius 1 is 1.07 bits per heavy atom. The molecule has 0 aliphatic rings. The summed E-state index contributed by atoms with van der Waals surface area (Å²) < 4.78 is 6.84. The van der Waals surface area contributed by atoms with E-state index in [9.17, 15) is 9.59 Å². The smallest absolute Gasteiger partial charge is 0.255 e. The maximum atomic E-state index is 12.8. The van der Waals surface area contributed by atoms with Gasteiger partial charge in [-0.05, 0) is 55.7 Å². The molecule has 0 saturated carbocycles. The van der Waals surface area contributed by atoms with Crippen LogP contribution in [0, 0.1) is 0 Å². The number of amides is 2. The maximum Gasteiger partial charge on any atom is 0.255 e. The third-order valence-electron chi connectivity index (χ3n) is 6.44. The van der Waals surface area contributed by atoms with Crippen LogP contribution in [0.5, 0.6) is 0 Å². The van der Waals surface area contributed by atoms with Crippen LogP contribution in [0.25, 0.3) is 5.65 Å². The van der Waals surface area contributed by atoms with Gasteiger partial charge in [0, 0.05) is 28.8 Å². The van der Waals surface area contributed by atoms with E-state index < -0.39 is 12.9 Å². The zero-order chi connectivity index (χ0) is 28.9. The molecule has 40 heavy (non-hydrogen) atoms. The van der Waals surface area contributed by atoms with Gasteiger partial charge in [0.15, 0.2) is 11.5 Å². The lowest BCUT2D eigenvalue weighted by molar-refractivity contribution is -0.120. The number of aryl methyl sites for hydroxylation is 2. The number of anilines is 2. The summed E-state index contributed by atoms with van der Waals surface area (Å²) in [5.41, 5.74) is 4.20. The Morgan fingerprint density at radius 3 is 2.52 bits per heavy atom. The first kappa shape index (κ1) is 29.3. The Labute approximate surface area is 238 Å². The van der Waals surface area contributed by atoms with Crippen molar-refractivity contribution in [2.24, 2.45) is 0 Å². The van der Waals surface area contributed by atoms with Gasteiger partial charge in [0.2, 0.25) is 5.91 Å². The first-order valence-electron chi connectivity index (χ1n) is 13.2. The largest absolute Gasteiger partial charge is 0.371 e. The van der Waals surface area contributed by atoms with Crippen LogP contribution < -0.4 is 10.6 Å². The van der Waals surface area contributed by atoms with Gasteiger partial charge in [-0.1, -0.05) is 50.6 Å². The highest BCUT2D eigenvalue weighted by Crippen LogP contribution is 2.31. The van der Waals surface area contributed by atoms with Crippen molar-refractivity contribution in [2.45, 2.75) is 64.9 Å². The van der Waals surface area contributed by atoms with Crippen LogP contribution >= 0.6 is 11.6 Å². The molecule has 11 heteroatoms. The van der Waals surface area contributed by atoms with E-state index in [1.165, 1.54) is 0 Å². The van der Waals surface area contributed by atoms with E-state index in [0.29, 0.717) is 27.6 Å². The molecule has 0 aliphatic heterocycles. The van der Waals surface area contributed by atoms with Crippen molar-refractivity contribution < 1.29 is 19.4 Å². The van der Waals surface area contributed by atoms with Crippen LogP contribution in [-0.4, -0.2) is 49.6 Å². The third-order valence-corrected chi connectivity index (χ3v) is 6.80. The predicted octanol–water partition coefficient (Wildman–Crippen LogP) is 5.12. The Balaban J connectivity index is 1.29. The number of carbonyl (C=O) groups excluding carboxylic acids is 2. The standard InChI is InChI=1S/C29H35ClN6O4/c1-18(40-17-37)15-24(38)31-22-9-6-8-20(16-22)28(39)32-21-13-11-19(12-14-21)7-5-10-23-33-34-27-25(30)26(29(2,3)4)35-36(23)27/h6,8-9,11-14,16,18,35,37H,5,7,10,15,17H2,1-4H3,(H,31,38)(H,32,39). The molecular weight excluding hydrogens is 532 g/mol. The highest BCUT2D eigenvalue weighted by molar-refractivity contribution is 6.34. The first-order chi connectivity index (χ1) is 19.0. The van der Waals surface area contributed by atoms with E-state index in [1.54, 1.807) is 31.2 Å². The number of ether oxygens (including phenoxy) is 1. The molecule has 4 rings (SSSR count). The van der Waals surface area contributed by atoms with Crippen molar-refractivity contribution in [1.29, 1.82) is 0 Å². The molecule has 2 aromatic heterocycles. The molecule has 0 aliphatic carbocycles. The molecule has 2 amide bonds. The molecule has 0 spiro atoms. The molecule has 0 fully saturated rings. The Kier molecular flexibility index (Phi) is 9.24. The Morgan fingerprint density at radius 2 is 1.82 bits per heavy atom. The van der Waals surface area contributed by atoms with E-state index in [0.717, 1.165) is 36.3 Å². The number of carbonyl (C=O) groups is 2. The number of rotatable bonds is 11. The minimum atomic E-state index is -0.445. The number of aliphatic hydroxyl groups excluding tert-OH is 1. The fraction of sp³-hybridized carbons (Fsp3) is 0.379. The molecule has 4 N–H and O–H groups in total. The fourth-order valence-electron chi connectivity index (χ4n) is 4.31. The molecule has 2 heterocycles. The highest BCUT2D eigenvalue weighted by atomic mass is 35.5. The van der Waals surface area contributed by atoms with E-state index in [4.69, 9.17) is 21.4 Å². The number of fused-ring (bicyclic) bond motifs is 1. The van der Waals surface area contributed by atoms with Crippen molar-refractivity contribution in [3.63, 3.8) is 0 Å². The second-order valence-electron chi connectivity index (χ2n) is 10.8. The second kappa shape index (κ2) is 12.6. The summed E-state index contributed by atoms with van der Waals surface area (Å²) >= 11 is 6.52. The number of aromatic nitrogens is 4. The van der Waals surface area contributed by atoms with Crippen molar-refractivity contribution in [3.05, 3.63) is 76.2 Å². The monoisotopic (exact) mass is 566 g/mol. The van der Waals surface area contributed by atoms with Gasteiger partial charge in [-0.2, -0.15) is 0 Å². The van der Waals surface area contributed by atoms with Crippen LogP contribution in [0.2, 0.25) is 5.02 Å². The van der Waals surface area contributed by atoms with Gasteiger partial charge in [-0.15, -0.1) is 10.2 Å². The summed E-state index contributed by atoms with van der Waals surface area (Å²) in [4.78, 5) is 25.0. The molecule has 4 aromatic rings. The number of nitrogens with one attached hydrogen (secondary N) is 3. The quantitative estimate of drug-likeness (QED) is 0.186. The number of aromatic amines is 1. The summed E-state index contributed by atoms with van der Waals surface area (Å²) in [5, 5.41) is 27.0. The number of H-pyrrole nitrogens is 1. The summed E-state index contributed by atoms with van der Waals surface area (Å²) in [5.74, 6) is 0.285. The minimum Gasteiger partial charge on any atom is -0.371 e. The molecule has 212 valence electrons.